The van der Waals surface area contributed by atoms with Crippen LogP contribution in [0.3, 0.4) is 0 Å². The Kier molecular flexibility index (Phi) is 3.02. The van der Waals surface area contributed by atoms with Crippen LogP contribution in [0.2, 0.25) is 0 Å². The van der Waals surface area contributed by atoms with Gasteiger partial charge in [0.25, 0.3) is 0 Å². The van der Waals surface area contributed by atoms with Crippen LogP contribution in [0.4, 0.5) is 0 Å². The van der Waals surface area contributed by atoms with Gasteiger partial charge in [-0.3, -0.25) is 0 Å². The van der Waals surface area contributed by atoms with E-state index in [4.69, 9.17) is 0 Å². The summed E-state index contributed by atoms with van der Waals surface area (Å²) >= 11 is 0. The molecule has 1 atom stereocenters. The second-order valence-corrected chi connectivity index (χ2v) is 3.81. The van der Waals surface area contributed by atoms with Crippen molar-refractivity contribution in [3.05, 3.63) is 23.3 Å². The number of phenolic OH excluding ortho intramolecular Hbond substituents is 1. The molecule has 1 N–H and O–H groups in total. The van der Waals surface area contributed by atoms with Crippen molar-refractivity contribution >= 4 is 13.3 Å². The molecule has 0 bridgehead atoms. The summed E-state index contributed by atoms with van der Waals surface area (Å²) in [6, 6.07) is 4.16. The lowest BCUT2D eigenvalue weighted by molar-refractivity contribution is 0.475. The summed E-state index contributed by atoms with van der Waals surface area (Å²) in [5.74, 6) is 1.02. The van der Waals surface area contributed by atoms with Crippen LogP contribution in [0, 0.1) is 6.92 Å². The summed E-state index contributed by atoms with van der Waals surface area (Å²) < 4.78 is 0. The lowest BCUT2D eigenvalue weighted by Crippen LogP contribution is -2.07. The third kappa shape index (κ3) is 2.06. The zero-order valence-corrected chi connectivity index (χ0v) is 8.89. The van der Waals surface area contributed by atoms with Gasteiger partial charge >= 0.3 is 0 Å². The van der Waals surface area contributed by atoms with Crippen molar-refractivity contribution < 1.29 is 5.11 Å². The van der Waals surface area contributed by atoms with Gasteiger partial charge < -0.3 is 5.11 Å². The summed E-state index contributed by atoms with van der Waals surface area (Å²) in [5, 5.41) is 9.59. The predicted molar refractivity (Wildman–Crippen MR) is 59.7 cm³/mol. The second-order valence-electron chi connectivity index (χ2n) is 3.81. The first-order valence-corrected chi connectivity index (χ1v) is 4.86. The van der Waals surface area contributed by atoms with E-state index in [1.165, 1.54) is 5.56 Å². The molecule has 0 aromatic heterocycles. The molecule has 0 fully saturated rings. The van der Waals surface area contributed by atoms with Crippen LogP contribution >= 0.6 is 0 Å². The van der Waals surface area contributed by atoms with Crippen molar-refractivity contribution in [2.75, 3.05) is 0 Å². The van der Waals surface area contributed by atoms with Gasteiger partial charge in [0.15, 0.2) is 0 Å². The molecule has 1 rings (SSSR count). The second kappa shape index (κ2) is 3.86. The number of aromatic hydroxyl groups is 1. The quantitative estimate of drug-likeness (QED) is 0.676. The maximum Gasteiger partial charge on any atom is 0.144 e. The highest BCUT2D eigenvalue weighted by Gasteiger charge is 2.07. The predicted octanol–water partition coefficient (Wildman–Crippen LogP) is 1.47. The normalized spacial score (nSPS) is 12.8. The van der Waals surface area contributed by atoms with Gasteiger partial charge in [-0.25, -0.2) is 0 Å². The van der Waals surface area contributed by atoms with Crippen molar-refractivity contribution in [1.29, 1.82) is 0 Å². The lowest BCUT2D eigenvalue weighted by Gasteiger charge is -2.12. The van der Waals surface area contributed by atoms with E-state index in [-0.39, 0.29) is 0 Å². The van der Waals surface area contributed by atoms with E-state index < -0.39 is 0 Å². The molecule has 1 unspecified atom stereocenters. The van der Waals surface area contributed by atoms with E-state index >= 15 is 0 Å². The van der Waals surface area contributed by atoms with E-state index in [1.54, 1.807) is 0 Å². The van der Waals surface area contributed by atoms with E-state index in [0.717, 1.165) is 17.4 Å². The summed E-state index contributed by atoms with van der Waals surface area (Å²) in [5.41, 5.74) is 3.29. The molecule has 0 aliphatic carbocycles. The Labute approximate surface area is 81.2 Å². The molecule has 13 heavy (non-hydrogen) atoms. The molecular formula is C11H17BO. The zero-order chi connectivity index (χ0) is 10.0. The number of hydrogen-bond donors (Lipinski definition) is 1. The van der Waals surface area contributed by atoms with Gasteiger partial charge in [-0.2, -0.15) is 0 Å². The van der Waals surface area contributed by atoms with Crippen molar-refractivity contribution in [2.24, 2.45) is 0 Å². The van der Waals surface area contributed by atoms with Crippen LogP contribution in [0.15, 0.2) is 12.1 Å². The average molecular weight is 176 g/mol. The van der Waals surface area contributed by atoms with Gasteiger partial charge in [-0.05, 0) is 35.9 Å². The van der Waals surface area contributed by atoms with Crippen molar-refractivity contribution in [3.63, 3.8) is 0 Å². The fourth-order valence-electron chi connectivity index (χ4n) is 1.51. The minimum Gasteiger partial charge on any atom is -0.508 e. The minimum absolute atomic E-state index is 0.437. The molecule has 0 aliphatic rings. The van der Waals surface area contributed by atoms with Gasteiger partial charge in [0.2, 0.25) is 0 Å². The third-order valence-electron chi connectivity index (χ3n) is 2.69. The number of hydrogen-bond acceptors (Lipinski definition) is 1. The SMILES string of the molecule is Bc1cc(C(C)CC)cc(C)c1O. The highest BCUT2D eigenvalue weighted by molar-refractivity contribution is 6.34. The highest BCUT2D eigenvalue weighted by Crippen LogP contribution is 2.22. The summed E-state index contributed by atoms with van der Waals surface area (Å²) in [4.78, 5) is 0. The van der Waals surface area contributed by atoms with Gasteiger partial charge in [-0.15, -0.1) is 0 Å². The Morgan fingerprint density at radius 2 is 2.08 bits per heavy atom. The smallest absolute Gasteiger partial charge is 0.144 e. The zero-order valence-electron chi connectivity index (χ0n) is 8.89. The molecule has 0 amide bonds. The molecule has 1 nitrogen and oxygen atoms in total. The third-order valence-corrected chi connectivity index (χ3v) is 2.69. The van der Waals surface area contributed by atoms with E-state index in [2.05, 4.69) is 26.0 Å². The molecule has 1 aromatic rings. The molecular weight excluding hydrogens is 159 g/mol. The Morgan fingerprint density at radius 1 is 1.46 bits per heavy atom. The first-order chi connectivity index (χ1) is 6.06. The van der Waals surface area contributed by atoms with Crippen molar-refractivity contribution in [1.82, 2.24) is 0 Å². The number of benzene rings is 1. The molecule has 0 spiro atoms. The van der Waals surface area contributed by atoms with Crippen molar-refractivity contribution in [2.45, 2.75) is 33.1 Å². The summed E-state index contributed by atoms with van der Waals surface area (Å²) in [6.07, 6.45) is 1.14. The van der Waals surface area contributed by atoms with Gasteiger partial charge in [0, 0.05) is 0 Å². The summed E-state index contributed by atoms with van der Waals surface area (Å²) in [7, 11) is 1.95. The molecule has 1 aromatic carbocycles. The largest absolute Gasteiger partial charge is 0.508 e. The van der Waals surface area contributed by atoms with E-state index in [0.29, 0.717) is 11.7 Å². The Balaban J connectivity index is 3.13. The van der Waals surface area contributed by atoms with Crippen LogP contribution in [-0.4, -0.2) is 13.0 Å². The standard InChI is InChI=1S/C11H17BO/c1-4-7(2)9-5-8(3)11(13)10(12)6-9/h5-7,13H,4,12H2,1-3H3. The molecule has 0 aliphatic heterocycles. The van der Waals surface area contributed by atoms with Crippen LogP contribution in [0.25, 0.3) is 0 Å². The van der Waals surface area contributed by atoms with Crippen LogP contribution < -0.4 is 5.46 Å². The fraction of sp³-hybridized carbons (Fsp3) is 0.455. The molecule has 0 heterocycles. The number of rotatable bonds is 2. The van der Waals surface area contributed by atoms with Crippen molar-refractivity contribution in [3.8, 4) is 5.75 Å². The topological polar surface area (TPSA) is 20.2 Å². The molecule has 0 saturated carbocycles. The number of aryl methyl sites for hydroxylation is 1. The number of phenols is 1. The van der Waals surface area contributed by atoms with Gasteiger partial charge in [-0.1, -0.05) is 26.0 Å². The first kappa shape index (κ1) is 10.2. The lowest BCUT2D eigenvalue weighted by atomic mass is 9.87. The molecule has 0 radical (unpaired) electrons. The Hall–Kier alpha value is -0.915. The molecule has 0 saturated heterocycles. The van der Waals surface area contributed by atoms with Gasteiger partial charge in [0.1, 0.15) is 13.6 Å². The highest BCUT2D eigenvalue weighted by atomic mass is 16.3. The van der Waals surface area contributed by atoms with Crippen LogP contribution in [0.5, 0.6) is 5.75 Å². The van der Waals surface area contributed by atoms with Crippen LogP contribution in [0.1, 0.15) is 37.3 Å². The maximum atomic E-state index is 9.59. The first-order valence-electron chi connectivity index (χ1n) is 4.86. The van der Waals surface area contributed by atoms with E-state index in [9.17, 15) is 5.11 Å². The minimum atomic E-state index is 0.437. The Morgan fingerprint density at radius 3 is 2.54 bits per heavy atom. The maximum absolute atomic E-state index is 9.59. The molecule has 70 valence electrons. The average Bonchev–Trinajstić information content (AvgIpc) is 2.12. The monoisotopic (exact) mass is 176 g/mol. The Bertz CT molecular complexity index is 284. The van der Waals surface area contributed by atoms with Crippen LogP contribution in [-0.2, 0) is 0 Å². The summed E-state index contributed by atoms with van der Waals surface area (Å²) in [6.45, 7) is 6.35. The van der Waals surface area contributed by atoms with Gasteiger partial charge in [0.05, 0.1) is 0 Å². The molecule has 2 heteroatoms. The van der Waals surface area contributed by atoms with E-state index in [1.807, 2.05) is 14.8 Å². The fourth-order valence-corrected chi connectivity index (χ4v) is 1.51.